The van der Waals surface area contributed by atoms with Crippen molar-refractivity contribution in [2.24, 2.45) is 0 Å². The Morgan fingerprint density at radius 2 is 2.19 bits per heavy atom. The third kappa shape index (κ3) is 3.14. The molecule has 2 rings (SSSR count). The van der Waals surface area contributed by atoms with E-state index in [0.717, 1.165) is 0 Å². The first-order valence-corrected chi connectivity index (χ1v) is 6.73. The number of nitrogens with zero attached hydrogens (tertiary/aromatic N) is 2. The number of hydrogen-bond donors (Lipinski definition) is 1. The molecule has 0 radical (unpaired) electrons. The lowest BCUT2D eigenvalue weighted by Crippen LogP contribution is -2.46. The van der Waals surface area contributed by atoms with Gasteiger partial charge in [0.25, 0.3) is 5.91 Å². The van der Waals surface area contributed by atoms with Crippen molar-refractivity contribution in [3.05, 3.63) is 29.8 Å². The van der Waals surface area contributed by atoms with Gasteiger partial charge >= 0.3 is 5.97 Å². The second kappa shape index (κ2) is 6.27. The molecule has 1 aromatic carbocycles. The summed E-state index contributed by atoms with van der Waals surface area (Å²) in [5.41, 5.74) is 0.341. The SMILES string of the molecule is CC(Oc1ccccc1C#N)C(=O)N1CCC[C@@H]1C(=O)O. The van der Waals surface area contributed by atoms with Crippen LogP contribution >= 0.6 is 0 Å². The smallest absolute Gasteiger partial charge is 0.326 e. The van der Waals surface area contributed by atoms with Crippen LogP contribution in [0, 0.1) is 11.3 Å². The fraction of sp³-hybridized carbons (Fsp3) is 0.400. The summed E-state index contributed by atoms with van der Waals surface area (Å²) in [5.74, 6) is -1.04. The van der Waals surface area contributed by atoms with Gasteiger partial charge in [0.1, 0.15) is 17.9 Å². The fourth-order valence-corrected chi connectivity index (χ4v) is 2.42. The van der Waals surface area contributed by atoms with Gasteiger partial charge in [0.15, 0.2) is 6.10 Å². The molecular weight excluding hydrogens is 272 g/mol. The Balaban J connectivity index is 2.10. The molecule has 1 aromatic rings. The highest BCUT2D eigenvalue weighted by atomic mass is 16.5. The third-order valence-electron chi connectivity index (χ3n) is 3.48. The minimum Gasteiger partial charge on any atom is -0.480 e. The van der Waals surface area contributed by atoms with Crippen LogP contribution in [0.2, 0.25) is 0 Å². The van der Waals surface area contributed by atoms with Crippen molar-refractivity contribution in [1.82, 2.24) is 4.90 Å². The first kappa shape index (κ1) is 14.9. The number of carbonyl (C=O) groups is 2. The van der Waals surface area contributed by atoms with Crippen LogP contribution in [0.3, 0.4) is 0 Å². The molecule has 1 fully saturated rings. The lowest BCUT2D eigenvalue weighted by molar-refractivity contribution is -0.150. The molecule has 1 heterocycles. The van der Waals surface area contributed by atoms with E-state index >= 15 is 0 Å². The number of likely N-dealkylation sites (tertiary alicyclic amines) is 1. The van der Waals surface area contributed by atoms with E-state index in [4.69, 9.17) is 15.1 Å². The maximum absolute atomic E-state index is 12.3. The second-order valence-electron chi connectivity index (χ2n) is 4.90. The molecule has 0 aromatic heterocycles. The van der Waals surface area contributed by atoms with Gasteiger partial charge in [-0.2, -0.15) is 5.26 Å². The zero-order valence-electron chi connectivity index (χ0n) is 11.7. The summed E-state index contributed by atoms with van der Waals surface area (Å²) < 4.78 is 5.53. The van der Waals surface area contributed by atoms with Crippen molar-refractivity contribution in [2.75, 3.05) is 6.54 Å². The second-order valence-corrected chi connectivity index (χ2v) is 4.90. The Hall–Kier alpha value is -2.55. The summed E-state index contributed by atoms with van der Waals surface area (Å²) in [4.78, 5) is 24.8. The predicted molar refractivity (Wildman–Crippen MR) is 73.6 cm³/mol. The summed E-state index contributed by atoms with van der Waals surface area (Å²) in [6.07, 6.45) is 0.298. The standard InChI is InChI=1S/C15H16N2O4/c1-10(21-13-7-3-2-5-11(13)9-16)14(18)17-8-4-6-12(17)15(19)20/h2-3,5,7,10,12H,4,6,8H2,1H3,(H,19,20)/t10?,12-/m1/s1. The molecule has 110 valence electrons. The molecule has 2 atom stereocenters. The van der Waals surface area contributed by atoms with E-state index < -0.39 is 18.1 Å². The van der Waals surface area contributed by atoms with Crippen LogP contribution < -0.4 is 4.74 Å². The maximum Gasteiger partial charge on any atom is 0.326 e. The molecule has 0 aliphatic carbocycles. The van der Waals surface area contributed by atoms with E-state index in [1.165, 1.54) is 4.90 Å². The van der Waals surface area contributed by atoms with Gasteiger partial charge in [0, 0.05) is 6.54 Å². The van der Waals surface area contributed by atoms with Crippen molar-refractivity contribution in [2.45, 2.75) is 31.9 Å². The van der Waals surface area contributed by atoms with Crippen molar-refractivity contribution in [3.8, 4) is 11.8 Å². The van der Waals surface area contributed by atoms with Gasteiger partial charge in [0.05, 0.1) is 5.56 Å². The van der Waals surface area contributed by atoms with Crippen LogP contribution in [0.25, 0.3) is 0 Å². The molecule has 1 aliphatic rings. The van der Waals surface area contributed by atoms with E-state index in [1.54, 1.807) is 31.2 Å². The molecule has 1 N–H and O–H groups in total. The van der Waals surface area contributed by atoms with Gasteiger partial charge in [-0.15, -0.1) is 0 Å². The van der Waals surface area contributed by atoms with Crippen molar-refractivity contribution in [1.29, 1.82) is 5.26 Å². The Morgan fingerprint density at radius 3 is 2.86 bits per heavy atom. The number of carboxylic acids is 1. The monoisotopic (exact) mass is 288 g/mol. The van der Waals surface area contributed by atoms with Crippen LogP contribution in [0.4, 0.5) is 0 Å². The van der Waals surface area contributed by atoms with Crippen molar-refractivity contribution >= 4 is 11.9 Å². The van der Waals surface area contributed by atoms with E-state index in [0.29, 0.717) is 30.7 Å². The van der Waals surface area contributed by atoms with Crippen LogP contribution in [-0.2, 0) is 9.59 Å². The normalized spacial score (nSPS) is 18.9. The quantitative estimate of drug-likeness (QED) is 0.904. The molecule has 0 spiro atoms. The topological polar surface area (TPSA) is 90.6 Å². The Bertz CT molecular complexity index is 594. The number of rotatable bonds is 4. The summed E-state index contributed by atoms with van der Waals surface area (Å²) in [5, 5.41) is 18.1. The number of hydrogen-bond acceptors (Lipinski definition) is 4. The van der Waals surface area contributed by atoms with Crippen LogP contribution in [0.5, 0.6) is 5.75 Å². The first-order valence-electron chi connectivity index (χ1n) is 6.73. The number of ether oxygens (including phenoxy) is 1. The Morgan fingerprint density at radius 1 is 1.48 bits per heavy atom. The molecule has 6 heteroatoms. The Labute approximate surface area is 122 Å². The minimum absolute atomic E-state index is 0.326. The van der Waals surface area contributed by atoms with Gasteiger partial charge in [-0.3, -0.25) is 4.79 Å². The van der Waals surface area contributed by atoms with Crippen molar-refractivity contribution in [3.63, 3.8) is 0 Å². The zero-order valence-corrected chi connectivity index (χ0v) is 11.7. The highest BCUT2D eigenvalue weighted by Crippen LogP contribution is 2.22. The first-order chi connectivity index (χ1) is 10.0. The molecule has 21 heavy (non-hydrogen) atoms. The molecule has 1 unspecified atom stereocenters. The highest BCUT2D eigenvalue weighted by Gasteiger charge is 2.36. The molecule has 1 saturated heterocycles. The van der Waals surface area contributed by atoms with E-state index in [-0.39, 0.29) is 5.91 Å². The van der Waals surface area contributed by atoms with Gasteiger partial charge in [0.2, 0.25) is 0 Å². The molecule has 6 nitrogen and oxygen atoms in total. The molecule has 0 bridgehead atoms. The zero-order chi connectivity index (χ0) is 15.4. The van der Waals surface area contributed by atoms with Crippen LogP contribution in [0.1, 0.15) is 25.3 Å². The van der Waals surface area contributed by atoms with Crippen molar-refractivity contribution < 1.29 is 19.4 Å². The minimum atomic E-state index is -0.995. The molecule has 1 amide bonds. The number of aliphatic carboxylic acids is 1. The van der Waals surface area contributed by atoms with Gasteiger partial charge < -0.3 is 14.7 Å². The lowest BCUT2D eigenvalue weighted by atomic mass is 10.2. The summed E-state index contributed by atoms with van der Waals surface area (Å²) in [6, 6.07) is 7.84. The number of amides is 1. The van der Waals surface area contributed by atoms with E-state index in [2.05, 4.69) is 0 Å². The number of para-hydroxylation sites is 1. The number of carboxylic acid groups (broad SMARTS) is 1. The number of benzene rings is 1. The fourth-order valence-electron chi connectivity index (χ4n) is 2.42. The highest BCUT2D eigenvalue weighted by molar-refractivity contribution is 5.87. The molecule has 1 aliphatic heterocycles. The largest absolute Gasteiger partial charge is 0.480 e. The summed E-state index contributed by atoms with van der Waals surface area (Å²) in [7, 11) is 0. The van der Waals surface area contributed by atoms with Crippen LogP contribution in [0.15, 0.2) is 24.3 Å². The number of nitriles is 1. The molecular formula is C15H16N2O4. The lowest BCUT2D eigenvalue weighted by Gasteiger charge is -2.25. The summed E-state index contributed by atoms with van der Waals surface area (Å²) in [6.45, 7) is 1.98. The van der Waals surface area contributed by atoms with E-state index in [9.17, 15) is 9.59 Å². The maximum atomic E-state index is 12.3. The van der Waals surface area contributed by atoms with Crippen LogP contribution in [-0.4, -0.2) is 40.6 Å². The predicted octanol–water partition coefficient (Wildman–Crippen LogP) is 1.40. The van der Waals surface area contributed by atoms with Gasteiger partial charge in [-0.1, -0.05) is 12.1 Å². The van der Waals surface area contributed by atoms with Gasteiger partial charge in [-0.05, 0) is 31.9 Å². The Kier molecular flexibility index (Phi) is 4.43. The van der Waals surface area contributed by atoms with E-state index in [1.807, 2.05) is 6.07 Å². The third-order valence-corrected chi connectivity index (χ3v) is 3.48. The average Bonchev–Trinajstić information content (AvgIpc) is 2.96. The average molecular weight is 288 g/mol. The molecule has 0 saturated carbocycles. The van der Waals surface area contributed by atoms with Gasteiger partial charge in [-0.25, -0.2) is 4.79 Å². The number of carbonyl (C=O) groups excluding carboxylic acids is 1. The summed E-state index contributed by atoms with van der Waals surface area (Å²) >= 11 is 0.